The van der Waals surface area contributed by atoms with E-state index in [0.29, 0.717) is 5.95 Å². The number of aryl methyl sites for hydroxylation is 1. The van der Waals surface area contributed by atoms with Crippen LogP contribution in [-0.4, -0.2) is 20.2 Å². The average molecular weight is 330 g/mol. The summed E-state index contributed by atoms with van der Waals surface area (Å²) >= 11 is 0. The van der Waals surface area contributed by atoms with Crippen molar-refractivity contribution in [3.8, 4) is 0 Å². The van der Waals surface area contributed by atoms with Gasteiger partial charge in [-0.15, -0.1) is 0 Å². The molecule has 0 aliphatic heterocycles. The van der Waals surface area contributed by atoms with E-state index in [-0.39, 0.29) is 0 Å². The maximum absolute atomic E-state index is 4.55. The van der Waals surface area contributed by atoms with Gasteiger partial charge in [0.15, 0.2) is 0 Å². The molecule has 0 atom stereocenters. The summed E-state index contributed by atoms with van der Waals surface area (Å²) in [5.74, 6) is 1.27. The quantitative estimate of drug-likeness (QED) is 0.505. The fraction of sp³-hybridized carbons (Fsp3) is 0.105. The summed E-state index contributed by atoms with van der Waals surface area (Å²) in [4.78, 5) is 8.85. The zero-order valence-electron chi connectivity index (χ0n) is 13.8. The Hall–Kier alpha value is -3.41. The van der Waals surface area contributed by atoms with Gasteiger partial charge in [0.2, 0.25) is 5.95 Å². The zero-order chi connectivity index (χ0) is 17.1. The van der Waals surface area contributed by atoms with Gasteiger partial charge in [0, 0.05) is 17.3 Å². The number of nitrogens with one attached hydrogen (secondary N) is 3. The van der Waals surface area contributed by atoms with Gasteiger partial charge < -0.3 is 10.6 Å². The third-order valence-electron chi connectivity index (χ3n) is 3.99. The summed E-state index contributed by atoms with van der Waals surface area (Å²) in [6, 6.07) is 16.0. The molecule has 4 rings (SSSR count). The molecule has 0 saturated heterocycles. The van der Waals surface area contributed by atoms with Crippen LogP contribution in [0.5, 0.6) is 0 Å². The molecule has 2 aromatic heterocycles. The number of aromatic nitrogens is 4. The van der Waals surface area contributed by atoms with E-state index >= 15 is 0 Å². The Balaban J connectivity index is 1.58. The van der Waals surface area contributed by atoms with E-state index in [0.717, 1.165) is 34.5 Å². The van der Waals surface area contributed by atoms with Crippen LogP contribution < -0.4 is 10.6 Å². The second-order valence-corrected chi connectivity index (χ2v) is 5.71. The normalized spacial score (nSPS) is 10.8. The monoisotopic (exact) mass is 330 g/mol. The lowest BCUT2D eigenvalue weighted by Gasteiger charge is -2.09. The highest BCUT2D eigenvalue weighted by Gasteiger charge is 2.05. The Morgan fingerprint density at radius 2 is 1.96 bits per heavy atom. The van der Waals surface area contributed by atoms with Crippen LogP contribution in [0, 0.1) is 0 Å². The minimum absolute atomic E-state index is 0.553. The van der Waals surface area contributed by atoms with Crippen molar-refractivity contribution in [1.29, 1.82) is 0 Å². The van der Waals surface area contributed by atoms with Gasteiger partial charge in [0.05, 0.1) is 17.4 Å². The Morgan fingerprint density at radius 3 is 2.88 bits per heavy atom. The highest BCUT2D eigenvalue weighted by atomic mass is 15.1. The second-order valence-electron chi connectivity index (χ2n) is 5.71. The lowest BCUT2D eigenvalue weighted by atomic mass is 10.1. The highest BCUT2D eigenvalue weighted by Crippen LogP contribution is 2.24. The SMILES string of the molecule is CCc1cccc(Nc2nccc(Nc3cccc4[nH]ncc34)n2)c1. The summed E-state index contributed by atoms with van der Waals surface area (Å²) in [5.41, 5.74) is 4.18. The van der Waals surface area contributed by atoms with Crippen LogP contribution in [0.4, 0.5) is 23.1 Å². The molecule has 6 nitrogen and oxygen atoms in total. The second kappa shape index (κ2) is 6.60. The highest BCUT2D eigenvalue weighted by molar-refractivity contribution is 5.92. The van der Waals surface area contributed by atoms with Crippen molar-refractivity contribution in [1.82, 2.24) is 20.2 Å². The van der Waals surface area contributed by atoms with Gasteiger partial charge in [0.25, 0.3) is 0 Å². The van der Waals surface area contributed by atoms with Crippen molar-refractivity contribution in [2.45, 2.75) is 13.3 Å². The van der Waals surface area contributed by atoms with Crippen molar-refractivity contribution in [2.24, 2.45) is 0 Å². The van der Waals surface area contributed by atoms with Crippen LogP contribution in [0.2, 0.25) is 0 Å². The molecule has 0 spiro atoms. The summed E-state index contributed by atoms with van der Waals surface area (Å²) in [7, 11) is 0. The standard InChI is InChI=1S/C19H18N6/c1-2-13-5-3-6-14(11-13)22-19-20-10-9-18(24-19)23-16-7-4-8-17-15(16)12-21-25-17/h3-12H,2H2,1H3,(H,21,25)(H2,20,22,23,24). The Bertz CT molecular complexity index is 1010. The van der Waals surface area contributed by atoms with E-state index in [4.69, 9.17) is 0 Å². The summed E-state index contributed by atoms with van der Waals surface area (Å²) in [5, 5.41) is 14.7. The molecule has 0 aliphatic rings. The Morgan fingerprint density at radius 1 is 1.04 bits per heavy atom. The molecular weight excluding hydrogens is 312 g/mol. The Labute approximate surface area is 145 Å². The molecule has 3 N–H and O–H groups in total. The minimum Gasteiger partial charge on any atom is -0.339 e. The molecule has 0 unspecified atom stereocenters. The molecule has 6 heteroatoms. The Kier molecular flexibility index (Phi) is 4.00. The maximum atomic E-state index is 4.55. The third kappa shape index (κ3) is 3.28. The van der Waals surface area contributed by atoms with Gasteiger partial charge >= 0.3 is 0 Å². The number of anilines is 4. The molecule has 0 radical (unpaired) electrons. The van der Waals surface area contributed by atoms with Gasteiger partial charge in [-0.05, 0) is 42.3 Å². The molecule has 0 fully saturated rings. The van der Waals surface area contributed by atoms with Gasteiger partial charge in [-0.3, -0.25) is 5.10 Å². The molecule has 2 aromatic carbocycles. The minimum atomic E-state index is 0.553. The molecule has 0 amide bonds. The molecule has 124 valence electrons. The smallest absolute Gasteiger partial charge is 0.229 e. The fourth-order valence-corrected chi connectivity index (χ4v) is 2.70. The van der Waals surface area contributed by atoms with E-state index in [1.165, 1.54) is 5.56 Å². The topological polar surface area (TPSA) is 78.5 Å². The first kappa shape index (κ1) is 15.1. The number of hydrogen-bond donors (Lipinski definition) is 3. The van der Waals surface area contributed by atoms with Gasteiger partial charge in [-0.25, -0.2) is 4.98 Å². The number of hydrogen-bond acceptors (Lipinski definition) is 5. The number of rotatable bonds is 5. The lowest BCUT2D eigenvalue weighted by Crippen LogP contribution is -2.00. The van der Waals surface area contributed by atoms with E-state index < -0.39 is 0 Å². The fourth-order valence-electron chi connectivity index (χ4n) is 2.70. The summed E-state index contributed by atoms with van der Waals surface area (Å²) in [6.45, 7) is 2.14. The first-order valence-corrected chi connectivity index (χ1v) is 8.20. The zero-order valence-corrected chi connectivity index (χ0v) is 13.8. The molecule has 0 aliphatic carbocycles. The molecule has 25 heavy (non-hydrogen) atoms. The first-order chi connectivity index (χ1) is 12.3. The number of H-pyrrole nitrogens is 1. The first-order valence-electron chi connectivity index (χ1n) is 8.20. The van der Waals surface area contributed by atoms with Crippen LogP contribution in [0.1, 0.15) is 12.5 Å². The van der Waals surface area contributed by atoms with E-state index in [2.05, 4.69) is 49.9 Å². The number of benzene rings is 2. The number of fused-ring (bicyclic) bond motifs is 1. The summed E-state index contributed by atoms with van der Waals surface area (Å²) < 4.78 is 0. The lowest BCUT2D eigenvalue weighted by molar-refractivity contribution is 1.12. The van der Waals surface area contributed by atoms with E-state index in [9.17, 15) is 0 Å². The van der Waals surface area contributed by atoms with E-state index in [1.807, 2.05) is 36.4 Å². The van der Waals surface area contributed by atoms with Crippen molar-refractivity contribution >= 4 is 34.0 Å². The third-order valence-corrected chi connectivity index (χ3v) is 3.99. The predicted molar refractivity (Wildman–Crippen MR) is 101 cm³/mol. The van der Waals surface area contributed by atoms with Crippen LogP contribution in [0.25, 0.3) is 10.9 Å². The molecule has 0 saturated carbocycles. The number of aromatic amines is 1. The van der Waals surface area contributed by atoms with Crippen molar-refractivity contribution in [3.05, 3.63) is 66.5 Å². The van der Waals surface area contributed by atoms with Crippen molar-refractivity contribution in [3.63, 3.8) is 0 Å². The molecule has 2 heterocycles. The predicted octanol–water partition coefficient (Wildman–Crippen LogP) is 4.40. The molecular formula is C19H18N6. The largest absolute Gasteiger partial charge is 0.339 e. The summed E-state index contributed by atoms with van der Waals surface area (Å²) in [6.07, 6.45) is 4.53. The van der Waals surface area contributed by atoms with Crippen molar-refractivity contribution in [2.75, 3.05) is 10.6 Å². The molecule has 4 aromatic rings. The van der Waals surface area contributed by atoms with Gasteiger partial charge in [-0.2, -0.15) is 10.1 Å². The average Bonchev–Trinajstić information content (AvgIpc) is 3.12. The van der Waals surface area contributed by atoms with Crippen LogP contribution >= 0.6 is 0 Å². The molecule has 0 bridgehead atoms. The van der Waals surface area contributed by atoms with Crippen molar-refractivity contribution < 1.29 is 0 Å². The van der Waals surface area contributed by atoms with E-state index in [1.54, 1.807) is 12.4 Å². The van der Waals surface area contributed by atoms with Crippen LogP contribution in [-0.2, 0) is 6.42 Å². The number of nitrogens with zero attached hydrogens (tertiary/aromatic N) is 3. The van der Waals surface area contributed by atoms with Gasteiger partial charge in [-0.1, -0.05) is 25.1 Å². The van der Waals surface area contributed by atoms with Gasteiger partial charge in [0.1, 0.15) is 5.82 Å². The van der Waals surface area contributed by atoms with Crippen LogP contribution in [0.3, 0.4) is 0 Å². The van der Waals surface area contributed by atoms with Crippen LogP contribution in [0.15, 0.2) is 60.9 Å². The maximum Gasteiger partial charge on any atom is 0.229 e.